The summed E-state index contributed by atoms with van der Waals surface area (Å²) in [7, 11) is 3.24. The van der Waals surface area contributed by atoms with Crippen LogP contribution in [-0.2, 0) is 7.05 Å². The monoisotopic (exact) mass is 274 g/mol. The number of nitrogens with zero attached hydrogens (tertiary/aromatic N) is 3. The minimum absolute atomic E-state index is 0.0765. The summed E-state index contributed by atoms with van der Waals surface area (Å²) < 4.78 is 1.46. The average Bonchev–Trinajstić information content (AvgIpc) is 2.83. The van der Waals surface area contributed by atoms with Crippen LogP contribution < -0.4 is 10.6 Å². The van der Waals surface area contributed by atoms with Gasteiger partial charge in [0, 0.05) is 20.3 Å². The summed E-state index contributed by atoms with van der Waals surface area (Å²) in [6.45, 7) is 0. The first-order valence-electron chi connectivity index (χ1n) is 5.80. The van der Waals surface area contributed by atoms with Crippen LogP contribution in [-0.4, -0.2) is 33.8 Å². The first-order chi connectivity index (χ1) is 9.41. The molecule has 0 aliphatic rings. The van der Waals surface area contributed by atoms with Crippen LogP contribution in [0.1, 0.15) is 20.8 Å². The highest BCUT2D eigenvalue weighted by molar-refractivity contribution is 6.06. The summed E-state index contributed by atoms with van der Waals surface area (Å²) in [6, 6.07) is 5.83. The summed E-state index contributed by atoms with van der Waals surface area (Å²) >= 11 is 0. The number of benzene rings is 1. The molecule has 0 spiro atoms. The van der Waals surface area contributed by atoms with Crippen LogP contribution in [0.3, 0.4) is 0 Å². The smallest absolute Gasteiger partial charge is 0.335 e. The van der Waals surface area contributed by atoms with Crippen LogP contribution in [0, 0.1) is 0 Å². The van der Waals surface area contributed by atoms with Crippen LogP contribution in [0.4, 0.5) is 11.4 Å². The zero-order valence-corrected chi connectivity index (χ0v) is 11.1. The molecule has 0 bridgehead atoms. The number of amides is 1. The lowest BCUT2D eigenvalue weighted by molar-refractivity contribution is 0.0697. The molecule has 2 rings (SSSR count). The average molecular weight is 274 g/mol. The van der Waals surface area contributed by atoms with Gasteiger partial charge in [-0.1, -0.05) is 0 Å². The van der Waals surface area contributed by atoms with E-state index in [1.165, 1.54) is 34.0 Å². The third-order valence-corrected chi connectivity index (χ3v) is 2.98. The number of carboxylic acids is 1. The highest BCUT2D eigenvalue weighted by atomic mass is 16.4. The van der Waals surface area contributed by atoms with Crippen molar-refractivity contribution in [2.45, 2.75) is 0 Å². The lowest BCUT2D eigenvalue weighted by Crippen LogP contribution is -2.29. The molecular weight excluding hydrogens is 260 g/mol. The van der Waals surface area contributed by atoms with Gasteiger partial charge >= 0.3 is 5.97 Å². The van der Waals surface area contributed by atoms with Crippen molar-refractivity contribution in [1.82, 2.24) is 9.78 Å². The summed E-state index contributed by atoms with van der Waals surface area (Å²) in [6.07, 6.45) is 1.53. The van der Waals surface area contributed by atoms with Gasteiger partial charge in [0.2, 0.25) is 0 Å². The molecule has 1 aromatic heterocycles. The zero-order chi connectivity index (χ0) is 14.9. The predicted octanol–water partition coefficient (Wildman–Crippen LogP) is 0.977. The molecule has 1 amide bonds. The Kier molecular flexibility index (Phi) is 3.43. The maximum Gasteiger partial charge on any atom is 0.335 e. The lowest BCUT2D eigenvalue weighted by atomic mass is 10.1. The number of nitrogens with two attached hydrogens (primary N) is 1. The van der Waals surface area contributed by atoms with E-state index in [-0.39, 0.29) is 17.2 Å². The van der Waals surface area contributed by atoms with E-state index in [4.69, 9.17) is 10.8 Å². The van der Waals surface area contributed by atoms with Crippen LogP contribution in [0.25, 0.3) is 0 Å². The molecule has 0 unspecified atom stereocenters. The van der Waals surface area contributed by atoms with Crippen LogP contribution >= 0.6 is 0 Å². The van der Waals surface area contributed by atoms with E-state index in [1.807, 2.05) is 0 Å². The normalized spacial score (nSPS) is 10.3. The summed E-state index contributed by atoms with van der Waals surface area (Å²) in [4.78, 5) is 24.5. The van der Waals surface area contributed by atoms with Crippen molar-refractivity contribution in [3.63, 3.8) is 0 Å². The molecule has 20 heavy (non-hydrogen) atoms. The third-order valence-electron chi connectivity index (χ3n) is 2.98. The maximum atomic E-state index is 12.3. The van der Waals surface area contributed by atoms with E-state index in [1.54, 1.807) is 20.2 Å². The molecule has 2 aromatic rings. The van der Waals surface area contributed by atoms with Crippen LogP contribution in [0.15, 0.2) is 30.5 Å². The molecule has 0 radical (unpaired) electrons. The van der Waals surface area contributed by atoms with E-state index >= 15 is 0 Å². The van der Waals surface area contributed by atoms with Crippen LogP contribution in [0.2, 0.25) is 0 Å². The number of aromatic carboxylic acids is 1. The summed E-state index contributed by atoms with van der Waals surface area (Å²) in [5.74, 6) is -1.34. The zero-order valence-electron chi connectivity index (χ0n) is 11.1. The first kappa shape index (κ1) is 13.6. The minimum atomic E-state index is -1.07. The molecule has 7 heteroatoms. The number of hydrogen-bond acceptors (Lipinski definition) is 4. The lowest BCUT2D eigenvalue weighted by Gasteiger charge is -2.19. The molecule has 0 saturated carbocycles. The van der Waals surface area contributed by atoms with Gasteiger partial charge in [-0.2, -0.15) is 5.10 Å². The van der Waals surface area contributed by atoms with Gasteiger partial charge in [-0.15, -0.1) is 0 Å². The van der Waals surface area contributed by atoms with Crippen molar-refractivity contribution in [1.29, 1.82) is 0 Å². The quantitative estimate of drug-likeness (QED) is 0.812. The summed E-state index contributed by atoms with van der Waals surface area (Å²) in [5, 5.41) is 12.8. The molecule has 1 aromatic carbocycles. The van der Waals surface area contributed by atoms with E-state index < -0.39 is 5.97 Å². The number of carbonyl (C=O) groups excluding carboxylic acids is 1. The molecule has 0 atom stereocenters. The number of aromatic nitrogens is 2. The molecular formula is C13H14N4O3. The summed E-state index contributed by atoms with van der Waals surface area (Å²) in [5.41, 5.74) is 6.97. The Labute approximate surface area is 115 Å². The van der Waals surface area contributed by atoms with Crippen molar-refractivity contribution in [2.24, 2.45) is 7.05 Å². The van der Waals surface area contributed by atoms with E-state index in [9.17, 15) is 9.59 Å². The molecule has 0 aliphatic heterocycles. The number of rotatable bonds is 3. The Hall–Kier alpha value is -2.83. The molecule has 0 saturated heterocycles. The molecule has 104 valence electrons. The van der Waals surface area contributed by atoms with Crippen molar-refractivity contribution in [3.05, 3.63) is 41.7 Å². The first-order valence-corrected chi connectivity index (χ1v) is 5.80. The molecule has 1 heterocycles. The Morgan fingerprint density at radius 1 is 1.35 bits per heavy atom. The highest BCUT2D eigenvalue weighted by Gasteiger charge is 2.19. The van der Waals surface area contributed by atoms with Gasteiger partial charge in [0.15, 0.2) is 0 Å². The predicted molar refractivity (Wildman–Crippen MR) is 73.8 cm³/mol. The molecule has 7 nitrogen and oxygen atoms in total. The molecule has 0 fully saturated rings. The van der Waals surface area contributed by atoms with Gasteiger partial charge in [0.05, 0.1) is 16.9 Å². The second kappa shape index (κ2) is 5.04. The van der Waals surface area contributed by atoms with E-state index in [0.717, 1.165) is 0 Å². The van der Waals surface area contributed by atoms with Gasteiger partial charge in [-0.05, 0) is 24.3 Å². The maximum absolute atomic E-state index is 12.3. The third kappa shape index (κ3) is 2.33. The van der Waals surface area contributed by atoms with Gasteiger partial charge in [-0.3, -0.25) is 9.48 Å². The Bertz CT molecular complexity index is 678. The number of carboxylic acid groups (broad SMARTS) is 1. The van der Waals surface area contributed by atoms with Gasteiger partial charge in [0.25, 0.3) is 5.91 Å². The fourth-order valence-electron chi connectivity index (χ4n) is 1.86. The number of anilines is 2. The van der Waals surface area contributed by atoms with Gasteiger partial charge in [-0.25, -0.2) is 4.79 Å². The van der Waals surface area contributed by atoms with Gasteiger partial charge < -0.3 is 15.7 Å². The van der Waals surface area contributed by atoms with E-state index in [2.05, 4.69) is 5.10 Å². The molecule has 3 N–H and O–H groups in total. The number of hydrogen-bond donors (Lipinski definition) is 2. The fourth-order valence-corrected chi connectivity index (χ4v) is 1.86. The van der Waals surface area contributed by atoms with Crippen LogP contribution in [0.5, 0.6) is 0 Å². The fraction of sp³-hybridized carbons (Fsp3) is 0.154. The van der Waals surface area contributed by atoms with Crippen molar-refractivity contribution < 1.29 is 14.7 Å². The Morgan fingerprint density at radius 2 is 2.05 bits per heavy atom. The number of nitrogen functional groups attached to an aromatic ring is 1. The number of carbonyl (C=O) groups is 2. The highest BCUT2D eigenvalue weighted by Crippen LogP contribution is 2.24. The Balaban J connectivity index is 2.34. The number of aryl methyl sites for hydroxylation is 1. The van der Waals surface area contributed by atoms with Crippen molar-refractivity contribution in [2.75, 3.05) is 17.7 Å². The largest absolute Gasteiger partial charge is 0.478 e. The van der Waals surface area contributed by atoms with Crippen molar-refractivity contribution >= 4 is 23.3 Å². The second-order valence-corrected chi connectivity index (χ2v) is 4.28. The SMILES string of the molecule is CN(C(=O)c1ccnn1C)c1ccc(C(=O)O)cc1N. The van der Waals surface area contributed by atoms with E-state index in [0.29, 0.717) is 11.4 Å². The topological polar surface area (TPSA) is 101 Å². The van der Waals surface area contributed by atoms with Gasteiger partial charge in [0.1, 0.15) is 5.69 Å². The Morgan fingerprint density at radius 3 is 2.55 bits per heavy atom. The molecule has 0 aliphatic carbocycles. The second-order valence-electron chi connectivity index (χ2n) is 4.28. The van der Waals surface area contributed by atoms with Crippen molar-refractivity contribution in [3.8, 4) is 0 Å². The standard InChI is InChI=1S/C13H14N4O3/c1-16(12(18)11-5-6-15-17(11)2)10-4-3-8(13(19)20)7-9(10)14/h3-7H,14H2,1-2H3,(H,19,20). The minimum Gasteiger partial charge on any atom is -0.478 e.